The highest BCUT2D eigenvalue weighted by Crippen LogP contribution is 2.25. The van der Waals surface area contributed by atoms with Crippen LogP contribution >= 0.6 is 0 Å². The number of pyridine rings is 1. The Balaban J connectivity index is 2.12. The molecular weight excluding hydrogens is 236 g/mol. The third-order valence-corrected chi connectivity index (χ3v) is 4.00. The van der Waals surface area contributed by atoms with E-state index < -0.39 is 0 Å². The van der Waals surface area contributed by atoms with Crippen LogP contribution in [-0.4, -0.2) is 50.2 Å². The SMILES string of the molecule is CNCc1cnc(C)cc1N1CCC(N(C)C)CC1. The normalized spacial score (nSPS) is 17.2. The molecule has 19 heavy (non-hydrogen) atoms. The average Bonchev–Trinajstić information content (AvgIpc) is 2.41. The summed E-state index contributed by atoms with van der Waals surface area (Å²) in [7, 11) is 6.36. The maximum Gasteiger partial charge on any atom is 0.0445 e. The summed E-state index contributed by atoms with van der Waals surface area (Å²) in [6, 6.07) is 2.95. The molecular formula is C15H26N4. The summed E-state index contributed by atoms with van der Waals surface area (Å²) in [6.45, 7) is 5.24. The second kappa shape index (κ2) is 6.35. The molecule has 0 spiro atoms. The molecule has 1 fully saturated rings. The van der Waals surface area contributed by atoms with Gasteiger partial charge in [0.25, 0.3) is 0 Å². The number of nitrogens with zero attached hydrogens (tertiary/aromatic N) is 3. The van der Waals surface area contributed by atoms with Crippen LogP contribution in [0.1, 0.15) is 24.1 Å². The number of piperidine rings is 1. The zero-order chi connectivity index (χ0) is 13.8. The van der Waals surface area contributed by atoms with Gasteiger partial charge in [-0.05, 0) is 47.0 Å². The fourth-order valence-electron chi connectivity index (χ4n) is 2.82. The molecule has 106 valence electrons. The second-order valence-electron chi connectivity index (χ2n) is 5.67. The highest BCUT2D eigenvalue weighted by molar-refractivity contribution is 5.54. The van der Waals surface area contributed by atoms with Crippen molar-refractivity contribution in [1.82, 2.24) is 15.2 Å². The standard InChI is InChI=1S/C15H26N4/c1-12-9-15(13(10-16-2)11-17-12)19-7-5-14(6-8-19)18(3)4/h9,11,14,16H,5-8,10H2,1-4H3. The quantitative estimate of drug-likeness (QED) is 0.894. The first-order chi connectivity index (χ1) is 9.11. The van der Waals surface area contributed by atoms with Crippen molar-refractivity contribution in [3.8, 4) is 0 Å². The monoisotopic (exact) mass is 262 g/mol. The summed E-state index contributed by atoms with van der Waals surface area (Å²) >= 11 is 0. The van der Waals surface area contributed by atoms with Crippen LogP contribution < -0.4 is 10.2 Å². The molecule has 0 unspecified atom stereocenters. The summed E-state index contributed by atoms with van der Waals surface area (Å²) in [5, 5.41) is 3.24. The highest BCUT2D eigenvalue weighted by atomic mass is 15.2. The molecule has 1 aromatic rings. The zero-order valence-corrected chi connectivity index (χ0v) is 12.6. The fraction of sp³-hybridized carbons (Fsp3) is 0.667. The topological polar surface area (TPSA) is 31.4 Å². The van der Waals surface area contributed by atoms with Gasteiger partial charge in [-0.25, -0.2) is 0 Å². The maximum absolute atomic E-state index is 4.42. The molecule has 0 radical (unpaired) electrons. The van der Waals surface area contributed by atoms with Gasteiger partial charge in [-0.1, -0.05) is 0 Å². The third kappa shape index (κ3) is 3.45. The van der Waals surface area contributed by atoms with E-state index in [1.54, 1.807) is 0 Å². The Hall–Kier alpha value is -1.13. The lowest BCUT2D eigenvalue weighted by atomic mass is 10.0. The number of rotatable bonds is 4. The molecule has 0 aromatic carbocycles. The Labute approximate surface area is 116 Å². The van der Waals surface area contributed by atoms with Crippen molar-refractivity contribution in [2.45, 2.75) is 32.4 Å². The Bertz CT molecular complexity index is 409. The summed E-state index contributed by atoms with van der Waals surface area (Å²) in [5.74, 6) is 0. The lowest BCUT2D eigenvalue weighted by Crippen LogP contribution is -2.42. The summed E-state index contributed by atoms with van der Waals surface area (Å²) < 4.78 is 0. The molecule has 4 heteroatoms. The van der Waals surface area contributed by atoms with Crippen molar-refractivity contribution in [2.75, 3.05) is 39.1 Å². The molecule has 2 rings (SSSR count). The first-order valence-corrected chi connectivity index (χ1v) is 7.13. The minimum atomic E-state index is 0.729. The van der Waals surface area contributed by atoms with Gasteiger partial charge in [-0.15, -0.1) is 0 Å². The van der Waals surface area contributed by atoms with Crippen LogP contribution in [0, 0.1) is 6.92 Å². The minimum absolute atomic E-state index is 0.729. The summed E-state index contributed by atoms with van der Waals surface area (Å²) in [6.07, 6.45) is 4.50. The Morgan fingerprint density at radius 2 is 2.05 bits per heavy atom. The lowest BCUT2D eigenvalue weighted by Gasteiger charge is -2.37. The van der Waals surface area contributed by atoms with Gasteiger partial charge in [0.05, 0.1) is 0 Å². The van der Waals surface area contributed by atoms with Crippen molar-refractivity contribution < 1.29 is 0 Å². The fourth-order valence-corrected chi connectivity index (χ4v) is 2.82. The number of aryl methyl sites for hydroxylation is 1. The second-order valence-corrected chi connectivity index (χ2v) is 5.67. The maximum atomic E-state index is 4.42. The third-order valence-electron chi connectivity index (χ3n) is 4.00. The smallest absolute Gasteiger partial charge is 0.0445 e. The molecule has 0 aliphatic carbocycles. The van der Waals surface area contributed by atoms with Crippen LogP contribution in [0.25, 0.3) is 0 Å². The van der Waals surface area contributed by atoms with Gasteiger partial charge in [-0.3, -0.25) is 4.98 Å². The van der Waals surface area contributed by atoms with Gasteiger partial charge in [0.15, 0.2) is 0 Å². The molecule has 0 bridgehead atoms. The van der Waals surface area contributed by atoms with Crippen molar-refractivity contribution in [3.63, 3.8) is 0 Å². The van der Waals surface area contributed by atoms with Crippen LogP contribution in [0.2, 0.25) is 0 Å². The van der Waals surface area contributed by atoms with E-state index in [1.807, 2.05) is 13.2 Å². The van der Waals surface area contributed by atoms with Crippen LogP contribution in [-0.2, 0) is 6.54 Å². The van der Waals surface area contributed by atoms with Crippen LogP contribution in [0.15, 0.2) is 12.3 Å². The molecule has 1 aromatic heterocycles. The Morgan fingerprint density at radius 3 is 2.63 bits per heavy atom. The molecule has 0 saturated carbocycles. The van der Waals surface area contributed by atoms with Gasteiger partial charge < -0.3 is 15.1 Å². The molecule has 0 atom stereocenters. The van der Waals surface area contributed by atoms with E-state index in [-0.39, 0.29) is 0 Å². The van der Waals surface area contributed by atoms with Crippen molar-refractivity contribution in [3.05, 3.63) is 23.5 Å². The van der Waals surface area contributed by atoms with Crippen molar-refractivity contribution in [1.29, 1.82) is 0 Å². The Morgan fingerprint density at radius 1 is 1.37 bits per heavy atom. The van der Waals surface area contributed by atoms with E-state index in [0.29, 0.717) is 0 Å². The van der Waals surface area contributed by atoms with Crippen LogP contribution in [0.5, 0.6) is 0 Å². The number of hydrogen-bond donors (Lipinski definition) is 1. The van der Waals surface area contributed by atoms with E-state index in [9.17, 15) is 0 Å². The van der Waals surface area contributed by atoms with Gasteiger partial charge >= 0.3 is 0 Å². The van der Waals surface area contributed by atoms with E-state index in [4.69, 9.17) is 0 Å². The molecule has 0 amide bonds. The molecule has 1 N–H and O–H groups in total. The van der Waals surface area contributed by atoms with Gasteiger partial charge in [0.1, 0.15) is 0 Å². The van der Waals surface area contributed by atoms with Gasteiger partial charge in [0, 0.05) is 48.8 Å². The van der Waals surface area contributed by atoms with E-state index >= 15 is 0 Å². The number of aromatic nitrogens is 1. The largest absolute Gasteiger partial charge is 0.371 e. The number of hydrogen-bond acceptors (Lipinski definition) is 4. The average molecular weight is 262 g/mol. The Kier molecular flexibility index (Phi) is 4.77. The van der Waals surface area contributed by atoms with E-state index in [2.05, 4.69) is 47.2 Å². The molecule has 1 aliphatic rings. The van der Waals surface area contributed by atoms with Crippen LogP contribution in [0.4, 0.5) is 5.69 Å². The first kappa shape index (κ1) is 14.3. The van der Waals surface area contributed by atoms with Gasteiger partial charge in [0.2, 0.25) is 0 Å². The lowest BCUT2D eigenvalue weighted by molar-refractivity contribution is 0.249. The molecule has 2 heterocycles. The summed E-state index contributed by atoms with van der Waals surface area (Å²) in [5.41, 5.74) is 3.76. The van der Waals surface area contributed by atoms with Crippen LogP contribution in [0.3, 0.4) is 0 Å². The minimum Gasteiger partial charge on any atom is -0.371 e. The number of anilines is 1. The predicted molar refractivity (Wildman–Crippen MR) is 80.7 cm³/mol. The highest BCUT2D eigenvalue weighted by Gasteiger charge is 2.22. The van der Waals surface area contributed by atoms with Crippen molar-refractivity contribution in [2.24, 2.45) is 0 Å². The van der Waals surface area contributed by atoms with Crippen molar-refractivity contribution >= 4 is 5.69 Å². The summed E-state index contributed by atoms with van der Waals surface area (Å²) in [4.78, 5) is 9.29. The van der Waals surface area contributed by atoms with E-state index in [1.165, 1.54) is 24.1 Å². The van der Waals surface area contributed by atoms with E-state index in [0.717, 1.165) is 31.4 Å². The number of nitrogens with one attached hydrogen (secondary N) is 1. The predicted octanol–water partition coefficient (Wildman–Crippen LogP) is 1.64. The molecule has 1 aliphatic heterocycles. The zero-order valence-electron chi connectivity index (χ0n) is 12.6. The van der Waals surface area contributed by atoms with Gasteiger partial charge in [-0.2, -0.15) is 0 Å². The molecule has 4 nitrogen and oxygen atoms in total. The molecule has 1 saturated heterocycles. The first-order valence-electron chi connectivity index (χ1n) is 7.13.